The number of rotatable bonds is 12. The van der Waals surface area contributed by atoms with Gasteiger partial charge in [0.15, 0.2) is 0 Å². The van der Waals surface area contributed by atoms with E-state index in [-0.39, 0.29) is 11.5 Å². The second-order valence-electron chi connectivity index (χ2n) is 7.86. The molecule has 2 aromatic heterocycles. The van der Waals surface area contributed by atoms with Gasteiger partial charge in [0.2, 0.25) is 0 Å². The molecule has 0 amide bonds. The quantitative estimate of drug-likeness (QED) is 0.232. The van der Waals surface area contributed by atoms with Crippen LogP contribution < -0.4 is 10.5 Å². The average molecular weight is 498 g/mol. The Morgan fingerprint density at radius 2 is 1.80 bits per heavy atom. The van der Waals surface area contributed by atoms with Crippen molar-refractivity contribution >= 4 is 26.8 Å². The highest BCUT2D eigenvalue weighted by atomic mass is 32.2. The van der Waals surface area contributed by atoms with Crippen LogP contribution >= 0.6 is 0 Å². The lowest BCUT2D eigenvalue weighted by atomic mass is 10.2. The van der Waals surface area contributed by atoms with Gasteiger partial charge in [-0.25, -0.2) is 9.67 Å². The van der Waals surface area contributed by atoms with Gasteiger partial charge in [0.05, 0.1) is 42.5 Å². The summed E-state index contributed by atoms with van der Waals surface area (Å²) in [6.07, 6.45) is 2.07. The number of aromatic nitrogens is 4. The third-order valence-corrected chi connectivity index (χ3v) is 6.46. The van der Waals surface area contributed by atoms with Gasteiger partial charge >= 0.3 is 0 Å². The lowest BCUT2D eigenvalue weighted by Gasteiger charge is -2.08. The number of hydrogen-bond acceptors (Lipinski definition) is 9. The van der Waals surface area contributed by atoms with Crippen LogP contribution in [0, 0.1) is 6.92 Å². The minimum Gasteiger partial charge on any atom is -0.491 e. The van der Waals surface area contributed by atoms with Gasteiger partial charge in [0.1, 0.15) is 18.2 Å². The van der Waals surface area contributed by atoms with Crippen molar-refractivity contribution in [3.63, 3.8) is 0 Å². The van der Waals surface area contributed by atoms with E-state index < -0.39 is 10.1 Å². The van der Waals surface area contributed by atoms with Gasteiger partial charge in [-0.15, -0.1) is 5.10 Å². The monoisotopic (exact) mass is 497 g/mol. The number of benzene rings is 2. The zero-order valence-electron chi connectivity index (χ0n) is 19.3. The van der Waals surface area contributed by atoms with Crippen molar-refractivity contribution in [2.45, 2.75) is 24.8 Å². The molecule has 0 atom stereocenters. The fourth-order valence-corrected chi connectivity index (χ4v) is 4.19. The third kappa shape index (κ3) is 6.98. The first-order valence-electron chi connectivity index (χ1n) is 11.1. The summed E-state index contributed by atoms with van der Waals surface area (Å²) in [6, 6.07) is 15.8. The van der Waals surface area contributed by atoms with Crippen LogP contribution in [0.5, 0.6) is 5.75 Å². The van der Waals surface area contributed by atoms with E-state index in [0.29, 0.717) is 44.3 Å². The van der Waals surface area contributed by atoms with Gasteiger partial charge in [0, 0.05) is 18.0 Å². The van der Waals surface area contributed by atoms with Crippen LogP contribution in [0.4, 0.5) is 5.82 Å². The Morgan fingerprint density at radius 3 is 2.63 bits per heavy atom. The fourth-order valence-electron chi connectivity index (χ4n) is 3.28. The molecule has 0 aliphatic rings. The first kappa shape index (κ1) is 24.6. The van der Waals surface area contributed by atoms with Gasteiger partial charge in [-0.1, -0.05) is 22.9 Å². The van der Waals surface area contributed by atoms with E-state index in [2.05, 4.69) is 15.3 Å². The van der Waals surface area contributed by atoms with Crippen LogP contribution in [0.15, 0.2) is 65.7 Å². The third-order valence-electron chi connectivity index (χ3n) is 5.14. The summed E-state index contributed by atoms with van der Waals surface area (Å²) in [6.45, 7) is 3.65. The summed E-state index contributed by atoms with van der Waals surface area (Å²) in [5.74, 6) is 1.22. The molecule has 2 aromatic carbocycles. The zero-order chi connectivity index (χ0) is 24.7. The molecule has 0 fully saturated rings. The molecule has 0 saturated heterocycles. The normalized spacial score (nSPS) is 11.7. The van der Waals surface area contributed by atoms with Gasteiger partial charge < -0.3 is 15.2 Å². The van der Waals surface area contributed by atoms with Gasteiger partial charge in [-0.2, -0.15) is 8.42 Å². The highest BCUT2D eigenvalue weighted by Crippen LogP contribution is 2.20. The molecule has 2 heterocycles. The fraction of sp³-hybridized carbons (Fsp3) is 0.292. The topological polar surface area (TPSA) is 131 Å². The van der Waals surface area contributed by atoms with Crippen LogP contribution in [0.1, 0.15) is 11.3 Å². The molecule has 0 bridgehead atoms. The number of anilines is 1. The molecule has 0 radical (unpaired) electrons. The highest BCUT2D eigenvalue weighted by Gasteiger charge is 2.15. The van der Waals surface area contributed by atoms with E-state index in [1.54, 1.807) is 29.1 Å². The Hall–Kier alpha value is -3.54. The van der Waals surface area contributed by atoms with Crippen molar-refractivity contribution in [3.8, 4) is 5.75 Å². The number of nitrogens with two attached hydrogens (primary N) is 1. The molecule has 11 heteroatoms. The maximum atomic E-state index is 12.2. The number of fused-ring (bicyclic) bond motifs is 1. The zero-order valence-corrected chi connectivity index (χ0v) is 20.1. The van der Waals surface area contributed by atoms with E-state index in [1.165, 1.54) is 12.1 Å². The molecule has 4 aromatic rings. The summed E-state index contributed by atoms with van der Waals surface area (Å²) in [5, 5.41) is 9.04. The van der Waals surface area contributed by atoms with Crippen LogP contribution in [-0.4, -0.2) is 54.8 Å². The van der Waals surface area contributed by atoms with Crippen molar-refractivity contribution < 1.29 is 22.1 Å². The first-order valence-corrected chi connectivity index (χ1v) is 12.5. The molecule has 2 N–H and O–H groups in total. The molecule has 0 unspecified atom stereocenters. The Bertz CT molecular complexity index is 1370. The summed E-state index contributed by atoms with van der Waals surface area (Å²) in [7, 11) is -3.79. The maximum Gasteiger partial charge on any atom is 0.296 e. The minimum atomic E-state index is -3.79. The molecule has 4 rings (SSSR count). The van der Waals surface area contributed by atoms with E-state index in [1.807, 2.05) is 31.2 Å². The lowest BCUT2D eigenvalue weighted by Crippen LogP contribution is -2.11. The molecular weight excluding hydrogens is 470 g/mol. The van der Waals surface area contributed by atoms with Crippen molar-refractivity contribution in [3.05, 3.63) is 72.1 Å². The second kappa shape index (κ2) is 11.3. The van der Waals surface area contributed by atoms with Gasteiger partial charge in [0.25, 0.3) is 10.1 Å². The molecule has 35 heavy (non-hydrogen) atoms. The second-order valence-corrected chi connectivity index (χ2v) is 9.48. The molecule has 10 nitrogen and oxygen atoms in total. The predicted octanol–water partition coefficient (Wildman–Crippen LogP) is 2.76. The summed E-state index contributed by atoms with van der Waals surface area (Å²) < 4.78 is 42.5. The average Bonchev–Trinajstić information content (AvgIpc) is 3.29. The molecular formula is C24H27N5O5S. The maximum absolute atomic E-state index is 12.2. The number of nitrogens with zero attached hydrogens (tertiary/aromatic N) is 4. The summed E-state index contributed by atoms with van der Waals surface area (Å²) >= 11 is 0. The first-order chi connectivity index (χ1) is 16.9. The van der Waals surface area contributed by atoms with Crippen LogP contribution in [0.25, 0.3) is 10.9 Å². The standard InChI is InChI=1S/C24H27N5O5S/c1-18-2-6-22(7-3-18)35(30,31)34-12-10-20-17-29(28-27-20)11-13-32-14-15-33-21-5-8-23-19(16-21)4-9-24(25)26-23/h2-9,16-17H,10-15H2,1H3,(H2,25,26). The molecule has 0 aliphatic carbocycles. The predicted molar refractivity (Wildman–Crippen MR) is 131 cm³/mol. The Balaban J connectivity index is 1.13. The molecule has 0 saturated carbocycles. The minimum absolute atomic E-state index is 0.0129. The summed E-state index contributed by atoms with van der Waals surface area (Å²) in [4.78, 5) is 4.40. The number of aryl methyl sites for hydroxylation is 1. The Labute approximate surface area is 203 Å². The molecule has 184 valence electrons. The van der Waals surface area contributed by atoms with Crippen molar-refractivity contribution in [2.75, 3.05) is 32.2 Å². The van der Waals surface area contributed by atoms with E-state index in [9.17, 15) is 8.42 Å². The van der Waals surface area contributed by atoms with Crippen LogP contribution in [-0.2, 0) is 32.0 Å². The van der Waals surface area contributed by atoms with Crippen molar-refractivity contribution in [2.24, 2.45) is 0 Å². The molecule has 0 spiro atoms. The number of nitrogen functional groups attached to an aromatic ring is 1. The Morgan fingerprint density at radius 1 is 0.971 bits per heavy atom. The van der Waals surface area contributed by atoms with Gasteiger partial charge in [-0.3, -0.25) is 4.18 Å². The van der Waals surface area contributed by atoms with Crippen molar-refractivity contribution in [1.82, 2.24) is 20.0 Å². The Kier molecular flexibility index (Phi) is 7.91. The summed E-state index contributed by atoms with van der Waals surface area (Å²) in [5.41, 5.74) is 8.13. The SMILES string of the molecule is Cc1ccc(S(=O)(=O)OCCc2cn(CCOCCOc3ccc4nc(N)ccc4c3)nn2)cc1. The number of ether oxygens (including phenoxy) is 2. The van der Waals surface area contributed by atoms with E-state index >= 15 is 0 Å². The largest absolute Gasteiger partial charge is 0.491 e. The number of pyridine rings is 1. The number of hydrogen-bond donors (Lipinski definition) is 1. The lowest BCUT2D eigenvalue weighted by molar-refractivity contribution is 0.0924. The molecule has 0 aliphatic heterocycles. The van der Waals surface area contributed by atoms with E-state index in [0.717, 1.165) is 22.2 Å². The van der Waals surface area contributed by atoms with Crippen LogP contribution in [0.2, 0.25) is 0 Å². The smallest absolute Gasteiger partial charge is 0.296 e. The van der Waals surface area contributed by atoms with Gasteiger partial charge in [-0.05, 0) is 49.4 Å². The van der Waals surface area contributed by atoms with Crippen LogP contribution in [0.3, 0.4) is 0 Å². The van der Waals surface area contributed by atoms with Crippen molar-refractivity contribution in [1.29, 1.82) is 0 Å². The van der Waals surface area contributed by atoms with E-state index in [4.69, 9.17) is 19.4 Å². The highest BCUT2D eigenvalue weighted by molar-refractivity contribution is 7.86.